The largest absolute Gasteiger partial charge is 0.386 e. The van der Waals surface area contributed by atoms with Crippen LogP contribution >= 0.6 is 0 Å². The zero-order valence-electron chi connectivity index (χ0n) is 12.3. The highest BCUT2D eigenvalue weighted by atomic mass is 14.8. The Morgan fingerprint density at radius 2 is 1.10 bits per heavy atom. The van der Waals surface area contributed by atoms with E-state index in [1.807, 2.05) is 62.4 Å². The molecule has 0 saturated heterocycles. The van der Waals surface area contributed by atoms with Crippen molar-refractivity contribution in [2.24, 2.45) is 11.5 Å². The molecule has 0 fully saturated rings. The Labute approximate surface area is 124 Å². The maximum absolute atomic E-state index is 8.16. The van der Waals surface area contributed by atoms with Crippen molar-refractivity contribution >= 4 is 11.7 Å². The summed E-state index contributed by atoms with van der Waals surface area (Å²) in [5.41, 5.74) is 14.1. The minimum Gasteiger partial charge on any atom is -0.386 e. The molecule has 2 aromatic rings. The highest BCUT2D eigenvalue weighted by molar-refractivity contribution is 6.15. The number of hydrogen-bond donors (Lipinski definition) is 4. The molecule has 4 heteroatoms. The lowest BCUT2D eigenvalue weighted by Gasteiger charge is -2.35. The van der Waals surface area contributed by atoms with Crippen LogP contribution in [0, 0.1) is 24.7 Å². The first-order valence-electron chi connectivity index (χ1n) is 6.73. The summed E-state index contributed by atoms with van der Waals surface area (Å²) >= 11 is 0. The highest BCUT2D eigenvalue weighted by Crippen LogP contribution is 2.36. The van der Waals surface area contributed by atoms with Crippen molar-refractivity contribution < 1.29 is 0 Å². The van der Waals surface area contributed by atoms with Crippen LogP contribution in [0.25, 0.3) is 0 Å². The lowest BCUT2D eigenvalue weighted by molar-refractivity contribution is 0.858. The van der Waals surface area contributed by atoms with Gasteiger partial charge < -0.3 is 11.5 Å². The van der Waals surface area contributed by atoms with Crippen LogP contribution in [-0.4, -0.2) is 11.7 Å². The monoisotopic (exact) mass is 280 g/mol. The maximum atomic E-state index is 8.16. The van der Waals surface area contributed by atoms with Crippen molar-refractivity contribution in [2.75, 3.05) is 0 Å². The first-order valence-corrected chi connectivity index (χ1v) is 6.73. The van der Waals surface area contributed by atoms with E-state index in [-0.39, 0.29) is 11.7 Å². The SMILES string of the molecule is Cc1ccccc1C(C(=N)N)(C(=N)N)c1ccccc1C. The number of amidine groups is 2. The van der Waals surface area contributed by atoms with Gasteiger partial charge in [0.15, 0.2) is 0 Å². The second kappa shape index (κ2) is 5.40. The average molecular weight is 280 g/mol. The third-order valence-electron chi connectivity index (χ3n) is 3.91. The minimum atomic E-state index is -1.21. The minimum absolute atomic E-state index is 0.140. The molecule has 2 aromatic carbocycles. The van der Waals surface area contributed by atoms with E-state index >= 15 is 0 Å². The van der Waals surface area contributed by atoms with Crippen LogP contribution in [0.4, 0.5) is 0 Å². The Bertz CT molecular complexity index is 642. The van der Waals surface area contributed by atoms with Crippen molar-refractivity contribution in [1.29, 1.82) is 10.8 Å². The maximum Gasteiger partial charge on any atom is 0.134 e. The number of nitrogens with one attached hydrogen (secondary N) is 2. The molecule has 2 rings (SSSR count). The van der Waals surface area contributed by atoms with Gasteiger partial charge in [-0.15, -0.1) is 0 Å². The number of hydrogen-bond acceptors (Lipinski definition) is 2. The number of nitrogens with two attached hydrogens (primary N) is 2. The molecule has 0 bridgehead atoms. The molecule has 0 radical (unpaired) electrons. The summed E-state index contributed by atoms with van der Waals surface area (Å²) in [6.45, 7) is 3.88. The van der Waals surface area contributed by atoms with E-state index in [1.165, 1.54) is 0 Å². The molecule has 0 saturated carbocycles. The molecule has 4 nitrogen and oxygen atoms in total. The van der Waals surface area contributed by atoms with Crippen LogP contribution in [0.3, 0.4) is 0 Å². The average Bonchev–Trinajstić information content (AvgIpc) is 2.42. The zero-order chi connectivity index (χ0) is 15.6. The molecule has 0 atom stereocenters. The smallest absolute Gasteiger partial charge is 0.134 e. The van der Waals surface area contributed by atoms with Gasteiger partial charge in [-0.3, -0.25) is 10.8 Å². The van der Waals surface area contributed by atoms with E-state index < -0.39 is 5.41 Å². The van der Waals surface area contributed by atoms with Crippen molar-refractivity contribution in [2.45, 2.75) is 19.3 Å². The third kappa shape index (κ3) is 2.18. The topological polar surface area (TPSA) is 99.7 Å². The van der Waals surface area contributed by atoms with Gasteiger partial charge in [0.25, 0.3) is 0 Å². The van der Waals surface area contributed by atoms with Gasteiger partial charge in [-0.25, -0.2) is 0 Å². The fourth-order valence-electron chi connectivity index (χ4n) is 2.86. The van der Waals surface area contributed by atoms with E-state index in [0.717, 1.165) is 22.3 Å². The summed E-state index contributed by atoms with van der Waals surface area (Å²) in [6.07, 6.45) is 0. The molecule has 0 aromatic heterocycles. The van der Waals surface area contributed by atoms with Crippen molar-refractivity contribution in [1.82, 2.24) is 0 Å². The molecule has 0 aliphatic rings. The fourth-order valence-corrected chi connectivity index (χ4v) is 2.86. The number of rotatable bonds is 4. The molecule has 108 valence electrons. The van der Waals surface area contributed by atoms with E-state index in [1.54, 1.807) is 0 Å². The summed E-state index contributed by atoms with van der Waals surface area (Å²) in [5.74, 6) is -0.280. The Morgan fingerprint density at radius 1 is 0.762 bits per heavy atom. The standard InChI is InChI=1S/C17H20N4/c1-11-7-3-5-9-13(11)17(15(18)19,16(20)21)14-10-6-4-8-12(14)2/h3-10H,1-2H3,(H3,18,19)(H3,20,21). The summed E-state index contributed by atoms with van der Waals surface area (Å²) in [5, 5.41) is 16.3. The van der Waals surface area contributed by atoms with Gasteiger partial charge in [-0.05, 0) is 36.1 Å². The second-order valence-corrected chi connectivity index (χ2v) is 5.21. The van der Waals surface area contributed by atoms with Crippen molar-refractivity contribution in [3.63, 3.8) is 0 Å². The van der Waals surface area contributed by atoms with Gasteiger partial charge in [0.1, 0.15) is 17.1 Å². The van der Waals surface area contributed by atoms with Gasteiger partial charge in [0, 0.05) is 0 Å². The zero-order valence-corrected chi connectivity index (χ0v) is 12.3. The molecule has 21 heavy (non-hydrogen) atoms. The normalized spacial score (nSPS) is 11.1. The second-order valence-electron chi connectivity index (χ2n) is 5.21. The molecule has 0 unspecified atom stereocenters. The molecule has 0 amide bonds. The molecule has 0 heterocycles. The van der Waals surface area contributed by atoms with E-state index in [4.69, 9.17) is 22.3 Å². The van der Waals surface area contributed by atoms with E-state index in [2.05, 4.69) is 0 Å². The Hall–Kier alpha value is -2.62. The summed E-state index contributed by atoms with van der Waals surface area (Å²) in [7, 11) is 0. The highest BCUT2D eigenvalue weighted by Gasteiger charge is 2.43. The first kappa shape index (κ1) is 14.8. The van der Waals surface area contributed by atoms with Gasteiger partial charge in [-0.2, -0.15) is 0 Å². The van der Waals surface area contributed by atoms with Gasteiger partial charge in [0.2, 0.25) is 0 Å². The molecule has 6 N–H and O–H groups in total. The van der Waals surface area contributed by atoms with Gasteiger partial charge >= 0.3 is 0 Å². The van der Waals surface area contributed by atoms with Crippen LogP contribution in [0.2, 0.25) is 0 Å². The molecule has 0 aliphatic heterocycles. The lowest BCUT2D eigenvalue weighted by atomic mass is 9.69. The Morgan fingerprint density at radius 3 is 1.38 bits per heavy atom. The quantitative estimate of drug-likeness (QED) is 0.511. The van der Waals surface area contributed by atoms with Crippen LogP contribution in [-0.2, 0) is 5.41 Å². The van der Waals surface area contributed by atoms with Crippen LogP contribution in [0.1, 0.15) is 22.3 Å². The lowest BCUT2D eigenvalue weighted by Crippen LogP contribution is -2.52. The predicted molar refractivity (Wildman–Crippen MR) is 87.0 cm³/mol. The fraction of sp³-hybridized carbons (Fsp3) is 0.176. The van der Waals surface area contributed by atoms with Crippen LogP contribution in [0.5, 0.6) is 0 Å². The van der Waals surface area contributed by atoms with Crippen LogP contribution < -0.4 is 11.5 Å². The Kier molecular flexibility index (Phi) is 3.80. The van der Waals surface area contributed by atoms with E-state index in [0.29, 0.717) is 0 Å². The summed E-state index contributed by atoms with van der Waals surface area (Å²) in [4.78, 5) is 0. The molecular weight excluding hydrogens is 260 g/mol. The van der Waals surface area contributed by atoms with Gasteiger partial charge in [-0.1, -0.05) is 48.5 Å². The molecular formula is C17H20N4. The van der Waals surface area contributed by atoms with Crippen LogP contribution in [0.15, 0.2) is 48.5 Å². The Balaban J connectivity index is 2.91. The predicted octanol–water partition coefficient (Wildman–Crippen LogP) is 2.46. The third-order valence-corrected chi connectivity index (χ3v) is 3.91. The number of benzene rings is 2. The molecule has 0 aliphatic carbocycles. The van der Waals surface area contributed by atoms with E-state index in [9.17, 15) is 0 Å². The first-order chi connectivity index (χ1) is 9.92. The number of aryl methyl sites for hydroxylation is 2. The summed E-state index contributed by atoms with van der Waals surface area (Å²) < 4.78 is 0. The van der Waals surface area contributed by atoms with Crippen molar-refractivity contribution in [3.05, 3.63) is 70.8 Å². The molecule has 0 spiro atoms. The van der Waals surface area contributed by atoms with Crippen molar-refractivity contribution in [3.8, 4) is 0 Å². The van der Waals surface area contributed by atoms with Gasteiger partial charge in [0.05, 0.1) is 0 Å². The summed E-state index contributed by atoms with van der Waals surface area (Å²) in [6, 6.07) is 15.2.